The largest absolute Gasteiger partial charge is 0.408 e. The summed E-state index contributed by atoms with van der Waals surface area (Å²) in [5, 5.41) is 2.75. The molecule has 0 spiro atoms. The van der Waals surface area contributed by atoms with E-state index in [0.717, 1.165) is 0 Å². The average Bonchev–Trinajstić information content (AvgIpc) is 2.53. The van der Waals surface area contributed by atoms with Crippen molar-refractivity contribution in [2.45, 2.75) is 17.9 Å². The fourth-order valence-corrected chi connectivity index (χ4v) is 1.66. The first kappa shape index (κ1) is 12.0. The van der Waals surface area contributed by atoms with Crippen LogP contribution in [0, 0.1) is 0 Å². The minimum Gasteiger partial charge on any atom is -0.278 e. The van der Waals surface area contributed by atoms with Crippen molar-refractivity contribution in [1.29, 1.82) is 0 Å². The number of halogens is 3. The Labute approximate surface area is 97.0 Å². The molecule has 0 aliphatic carbocycles. The third-order valence-corrected chi connectivity index (χ3v) is 2.56. The number of aromatic nitrogens is 4. The van der Waals surface area contributed by atoms with E-state index >= 15 is 0 Å². The summed E-state index contributed by atoms with van der Waals surface area (Å²) in [5.74, 6) is 0. The van der Waals surface area contributed by atoms with Gasteiger partial charge in [0.2, 0.25) is 0 Å². The molecule has 2 aromatic heterocycles. The second kappa shape index (κ2) is 4.06. The first-order valence-electron chi connectivity index (χ1n) is 4.47. The smallest absolute Gasteiger partial charge is 0.278 e. The fraction of sp³-hybridized carbons (Fsp3) is 0.375. The van der Waals surface area contributed by atoms with Crippen molar-refractivity contribution in [2.24, 2.45) is 0 Å². The molecule has 1 N–H and O–H groups in total. The summed E-state index contributed by atoms with van der Waals surface area (Å²) < 4.78 is 37.0. The molecule has 0 aromatic carbocycles. The van der Waals surface area contributed by atoms with Gasteiger partial charge in [-0.2, -0.15) is 13.2 Å². The van der Waals surface area contributed by atoms with Crippen molar-refractivity contribution < 1.29 is 13.2 Å². The van der Waals surface area contributed by atoms with Crippen molar-refractivity contribution in [3.63, 3.8) is 0 Å². The van der Waals surface area contributed by atoms with E-state index in [9.17, 15) is 18.0 Å². The zero-order valence-corrected chi connectivity index (χ0v) is 9.39. The minimum absolute atomic E-state index is 0.0482. The predicted octanol–water partition coefficient (Wildman–Crippen LogP) is 1.40. The molecule has 92 valence electrons. The highest BCUT2D eigenvalue weighted by atomic mass is 32.2. The second-order valence-electron chi connectivity index (χ2n) is 3.24. The van der Waals surface area contributed by atoms with Gasteiger partial charge in [0.05, 0.1) is 0 Å². The molecule has 2 heterocycles. The van der Waals surface area contributed by atoms with Gasteiger partial charge in [-0.05, 0) is 6.26 Å². The first-order chi connectivity index (χ1) is 7.90. The van der Waals surface area contributed by atoms with E-state index in [1.54, 1.807) is 6.26 Å². The van der Waals surface area contributed by atoms with Crippen LogP contribution in [-0.4, -0.2) is 32.2 Å². The molecule has 0 saturated heterocycles. The molecule has 0 bridgehead atoms. The van der Waals surface area contributed by atoms with Crippen LogP contribution in [0.1, 0.15) is 0 Å². The fourth-order valence-electron chi connectivity index (χ4n) is 1.32. The third-order valence-electron chi connectivity index (χ3n) is 2.00. The van der Waals surface area contributed by atoms with Crippen molar-refractivity contribution in [3.05, 3.63) is 16.6 Å². The van der Waals surface area contributed by atoms with Crippen LogP contribution < -0.4 is 5.56 Å². The SMILES string of the molecule is CSc1ncc2c(=O)n(CC(F)(F)F)[nH]c2n1. The normalized spacial score (nSPS) is 12.2. The van der Waals surface area contributed by atoms with Crippen molar-refractivity contribution in [3.8, 4) is 0 Å². The van der Waals surface area contributed by atoms with Crippen molar-refractivity contribution in [1.82, 2.24) is 19.7 Å². The molecule has 0 amide bonds. The predicted molar refractivity (Wildman–Crippen MR) is 56.0 cm³/mol. The topological polar surface area (TPSA) is 63.6 Å². The maximum Gasteiger partial charge on any atom is 0.408 e. The van der Waals surface area contributed by atoms with E-state index in [1.807, 2.05) is 0 Å². The van der Waals surface area contributed by atoms with Gasteiger partial charge in [0.1, 0.15) is 11.9 Å². The third kappa shape index (κ3) is 2.43. The highest BCUT2D eigenvalue weighted by Gasteiger charge is 2.29. The number of fused-ring (bicyclic) bond motifs is 1. The number of thioether (sulfide) groups is 1. The van der Waals surface area contributed by atoms with Crippen molar-refractivity contribution >= 4 is 22.8 Å². The van der Waals surface area contributed by atoms with Gasteiger partial charge in [-0.25, -0.2) is 14.6 Å². The van der Waals surface area contributed by atoms with Gasteiger partial charge in [0, 0.05) is 6.20 Å². The molecule has 0 saturated carbocycles. The summed E-state index contributed by atoms with van der Waals surface area (Å²) in [6, 6.07) is 0. The minimum atomic E-state index is -4.46. The molecule has 0 unspecified atom stereocenters. The van der Waals surface area contributed by atoms with Crippen LogP contribution in [0.15, 0.2) is 16.1 Å². The number of nitrogens with zero attached hydrogens (tertiary/aromatic N) is 3. The molecule has 2 aromatic rings. The van der Waals surface area contributed by atoms with Crippen molar-refractivity contribution in [2.75, 3.05) is 6.26 Å². The molecule has 2 rings (SSSR count). The van der Waals surface area contributed by atoms with Gasteiger partial charge in [0.15, 0.2) is 10.8 Å². The average molecular weight is 264 g/mol. The first-order valence-corrected chi connectivity index (χ1v) is 5.69. The van der Waals surface area contributed by atoms with E-state index in [0.29, 0.717) is 9.84 Å². The number of hydrogen-bond donors (Lipinski definition) is 1. The van der Waals surface area contributed by atoms with Gasteiger partial charge in [-0.15, -0.1) is 0 Å². The molecule has 0 fully saturated rings. The van der Waals surface area contributed by atoms with Crippen LogP contribution in [0.4, 0.5) is 13.2 Å². The van der Waals surface area contributed by atoms with Crippen LogP contribution in [-0.2, 0) is 6.54 Å². The molecular formula is C8H7F3N4OS. The molecule has 0 aliphatic heterocycles. The van der Waals surface area contributed by atoms with E-state index < -0.39 is 18.3 Å². The lowest BCUT2D eigenvalue weighted by atomic mass is 10.4. The van der Waals surface area contributed by atoms with Crippen LogP contribution in [0.25, 0.3) is 11.0 Å². The molecular weight excluding hydrogens is 257 g/mol. The standard InChI is InChI=1S/C8H7F3N4OS/c1-17-7-12-2-4-5(13-7)14-15(6(4)16)3-8(9,10)11/h2H,3H2,1H3,(H,12,13,14). The van der Waals surface area contributed by atoms with Gasteiger partial charge in [-0.1, -0.05) is 11.8 Å². The Kier molecular flexibility index (Phi) is 2.86. The Bertz CT molecular complexity index is 603. The Balaban J connectivity index is 2.53. The Hall–Kier alpha value is -1.51. The number of aromatic amines is 1. The summed E-state index contributed by atoms with van der Waals surface area (Å²) in [4.78, 5) is 19.3. The number of hydrogen-bond acceptors (Lipinski definition) is 4. The molecule has 0 atom stereocenters. The Morgan fingerprint density at radius 3 is 2.82 bits per heavy atom. The van der Waals surface area contributed by atoms with Gasteiger partial charge < -0.3 is 0 Å². The molecule has 5 nitrogen and oxygen atoms in total. The lowest BCUT2D eigenvalue weighted by Gasteiger charge is -2.04. The molecule has 9 heteroatoms. The molecule has 0 radical (unpaired) electrons. The lowest BCUT2D eigenvalue weighted by Crippen LogP contribution is -2.26. The molecule has 17 heavy (non-hydrogen) atoms. The highest BCUT2D eigenvalue weighted by molar-refractivity contribution is 7.98. The Morgan fingerprint density at radius 2 is 2.24 bits per heavy atom. The van der Waals surface area contributed by atoms with Crippen LogP contribution in [0.5, 0.6) is 0 Å². The summed E-state index contributed by atoms with van der Waals surface area (Å²) in [5.41, 5.74) is -0.663. The number of nitrogens with one attached hydrogen (secondary N) is 1. The van der Waals surface area contributed by atoms with Gasteiger partial charge in [0.25, 0.3) is 5.56 Å². The summed E-state index contributed by atoms with van der Waals surface area (Å²) in [6.45, 7) is -1.36. The number of alkyl halides is 3. The monoisotopic (exact) mass is 264 g/mol. The zero-order chi connectivity index (χ0) is 12.6. The molecule has 0 aliphatic rings. The highest BCUT2D eigenvalue weighted by Crippen LogP contribution is 2.17. The summed E-state index contributed by atoms with van der Waals surface area (Å²) in [6.07, 6.45) is -1.51. The second-order valence-corrected chi connectivity index (χ2v) is 4.01. The van der Waals surface area contributed by atoms with Crippen LogP contribution >= 0.6 is 11.8 Å². The lowest BCUT2D eigenvalue weighted by molar-refractivity contribution is -0.143. The van der Waals surface area contributed by atoms with Crippen LogP contribution in [0.3, 0.4) is 0 Å². The van der Waals surface area contributed by atoms with Gasteiger partial charge in [-0.3, -0.25) is 9.89 Å². The summed E-state index contributed by atoms with van der Waals surface area (Å²) in [7, 11) is 0. The van der Waals surface area contributed by atoms with E-state index in [1.165, 1.54) is 18.0 Å². The Morgan fingerprint density at radius 1 is 1.53 bits per heavy atom. The quantitative estimate of drug-likeness (QED) is 0.658. The van der Waals surface area contributed by atoms with E-state index in [-0.39, 0.29) is 11.0 Å². The number of rotatable bonds is 2. The van der Waals surface area contributed by atoms with E-state index in [4.69, 9.17) is 0 Å². The maximum absolute atomic E-state index is 12.2. The summed E-state index contributed by atoms with van der Waals surface area (Å²) >= 11 is 1.24. The van der Waals surface area contributed by atoms with Gasteiger partial charge >= 0.3 is 6.18 Å². The number of H-pyrrole nitrogens is 1. The van der Waals surface area contributed by atoms with E-state index in [2.05, 4.69) is 15.1 Å². The van der Waals surface area contributed by atoms with Crippen LogP contribution in [0.2, 0.25) is 0 Å². The maximum atomic E-state index is 12.2. The zero-order valence-electron chi connectivity index (χ0n) is 8.58.